The number of ether oxygens (including phenoxy) is 3. The Morgan fingerprint density at radius 3 is 1.83 bits per heavy atom. The van der Waals surface area contributed by atoms with Gasteiger partial charge in [-0.3, -0.25) is 0 Å². The third-order valence-electron chi connectivity index (χ3n) is 3.98. The normalized spacial score (nSPS) is 49.5. The fourth-order valence-corrected chi connectivity index (χ4v) is 2.57. The molecule has 0 bridgehead atoms. The van der Waals surface area contributed by atoms with E-state index in [1.807, 2.05) is 0 Å². The number of aliphatic hydroxyl groups excluding tert-OH is 8. The van der Waals surface area contributed by atoms with Crippen molar-refractivity contribution in [1.82, 2.24) is 0 Å². The maximum Gasteiger partial charge on any atom is 1.00 e. The molecule has 2 heterocycles. The Kier molecular flexibility index (Phi) is 8.93. The van der Waals surface area contributed by atoms with E-state index in [9.17, 15) is 35.7 Å². The van der Waals surface area contributed by atoms with Gasteiger partial charge in [0, 0.05) is 0 Å². The van der Waals surface area contributed by atoms with Crippen LogP contribution in [0.4, 0.5) is 0 Å². The van der Waals surface area contributed by atoms with Crippen molar-refractivity contribution in [3.05, 3.63) is 0 Å². The van der Waals surface area contributed by atoms with Gasteiger partial charge in [-0.25, -0.2) is 0 Å². The van der Waals surface area contributed by atoms with Crippen molar-refractivity contribution in [3.8, 4) is 0 Å². The van der Waals surface area contributed by atoms with Crippen molar-refractivity contribution in [3.63, 3.8) is 0 Å². The number of hydrogen-bond acceptors (Lipinski definition) is 11. The monoisotopic (exact) mass is 366 g/mol. The van der Waals surface area contributed by atoms with Gasteiger partial charge in [-0.1, -0.05) is 0 Å². The van der Waals surface area contributed by atoms with Gasteiger partial charge in [0.05, 0.1) is 13.2 Å². The van der Waals surface area contributed by atoms with Crippen molar-refractivity contribution < 1.29 is 86.0 Å². The quantitative estimate of drug-likeness (QED) is 0.221. The fourth-order valence-electron chi connectivity index (χ4n) is 2.57. The summed E-state index contributed by atoms with van der Waals surface area (Å²) in [4.78, 5) is 0. The minimum atomic E-state index is -1.74. The molecular formula is C12H23NaO11. The van der Waals surface area contributed by atoms with Crippen LogP contribution in [0.1, 0.15) is 1.43 Å². The van der Waals surface area contributed by atoms with Crippen molar-refractivity contribution in [2.75, 3.05) is 13.2 Å². The SMILES string of the molecule is OC[C@H]1O[C@@H](O[C@H]2[C@H](O)[C@@H](O)[C@@H](O)O[C@@H]2CO)[C@H](O)[C@@H](O)[C@H]1O.[H-].[Na+]. The molecule has 0 radical (unpaired) electrons. The molecule has 0 saturated carbocycles. The van der Waals surface area contributed by atoms with Crippen LogP contribution in [0.5, 0.6) is 0 Å². The number of aliphatic hydroxyl groups is 8. The van der Waals surface area contributed by atoms with E-state index < -0.39 is 74.6 Å². The van der Waals surface area contributed by atoms with E-state index in [-0.39, 0.29) is 31.0 Å². The van der Waals surface area contributed by atoms with E-state index in [1.54, 1.807) is 0 Å². The van der Waals surface area contributed by atoms with Gasteiger partial charge < -0.3 is 56.5 Å². The van der Waals surface area contributed by atoms with Crippen LogP contribution >= 0.6 is 0 Å². The molecule has 2 saturated heterocycles. The van der Waals surface area contributed by atoms with Gasteiger partial charge >= 0.3 is 29.6 Å². The molecule has 12 heteroatoms. The molecule has 0 aromatic carbocycles. The minimum absolute atomic E-state index is 0. The van der Waals surface area contributed by atoms with Crippen LogP contribution in [0.25, 0.3) is 0 Å². The van der Waals surface area contributed by atoms with Crippen molar-refractivity contribution in [2.24, 2.45) is 0 Å². The molecule has 24 heavy (non-hydrogen) atoms. The van der Waals surface area contributed by atoms with Crippen LogP contribution in [0.15, 0.2) is 0 Å². The van der Waals surface area contributed by atoms with Crippen LogP contribution < -0.4 is 29.6 Å². The third kappa shape index (κ3) is 4.45. The summed E-state index contributed by atoms with van der Waals surface area (Å²) >= 11 is 0. The summed E-state index contributed by atoms with van der Waals surface area (Å²) < 4.78 is 15.3. The van der Waals surface area contributed by atoms with Crippen LogP contribution in [0, 0.1) is 0 Å². The predicted octanol–water partition coefficient (Wildman–Crippen LogP) is -8.28. The van der Waals surface area contributed by atoms with Gasteiger partial charge in [-0.05, 0) is 0 Å². The molecular weight excluding hydrogens is 343 g/mol. The van der Waals surface area contributed by atoms with Gasteiger partial charge in [0.1, 0.15) is 48.8 Å². The zero-order valence-corrected chi connectivity index (χ0v) is 15.0. The smallest absolute Gasteiger partial charge is 1.00 e. The zero-order valence-electron chi connectivity index (χ0n) is 14.0. The second kappa shape index (κ2) is 9.48. The zero-order chi connectivity index (χ0) is 17.3. The van der Waals surface area contributed by atoms with E-state index in [2.05, 4.69) is 0 Å². The Morgan fingerprint density at radius 1 is 0.708 bits per heavy atom. The molecule has 2 aliphatic heterocycles. The molecule has 8 N–H and O–H groups in total. The Balaban J connectivity index is 0.00000288. The maximum atomic E-state index is 9.94. The van der Waals surface area contributed by atoms with Crippen molar-refractivity contribution >= 4 is 0 Å². The second-order valence-electron chi connectivity index (χ2n) is 5.53. The Bertz CT molecular complexity index is 390. The summed E-state index contributed by atoms with van der Waals surface area (Å²) in [6.45, 7) is -1.35. The first kappa shape index (κ1) is 22.6. The van der Waals surface area contributed by atoms with E-state index in [4.69, 9.17) is 19.3 Å². The van der Waals surface area contributed by atoms with Crippen molar-refractivity contribution in [2.45, 2.75) is 61.4 Å². The van der Waals surface area contributed by atoms with Crippen LogP contribution in [0.2, 0.25) is 0 Å². The van der Waals surface area contributed by atoms with Gasteiger partial charge in [0.2, 0.25) is 0 Å². The fraction of sp³-hybridized carbons (Fsp3) is 1.00. The Labute approximate surface area is 160 Å². The van der Waals surface area contributed by atoms with Gasteiger partial charge in [-0.15, -0.1) is 0 Å². The summed E-state index contributed by atoms with van der Waals surface area (Å²) in [7, 11) is 0. The molecule has 2 fully saturated rings. The van der Waals surface area contributed by atoms with Gasteiger partial charge in [-0.2, -0.15) is 0 Å². The summed E-state index contributed by atoms with van der Waals surface area (Å²) in [6.07, 6.45) is -15.6. The summed E-state index contributed by atoms with van der Waals surface area (Å²) in [5.74, 6) is 0. The minimum Gasteiger partial charge on any atom is -1.00 e. The first-order valence-corrected chi connectivity index (χ1v) is 7.08. The molecule has 2 aliphatic rings. The molecule has 11 nitrogen and oxygen atoms in total. The van der Waals surface area contributed by atoms with Gasteiger partial charge in [0.15, 0.2) is 12.6 Å². The molecule has 0 unspecified atom stereocenters. The molecule has 0 aromatic rings. The standard InChI is InChI=1S/C12H22O11.Na.H/c13-1-3-5(15)6(16)9(19)12(22-3)23-10-4(2-14)21-11(20)8(18)7(10)17;;/h3-20H,1-2H2;;/q;+1;-1/t3-,4-,5+,6+,7-,8-,9-,10-,11+,12+;;/m1../s1. The van der Waals surface area contributed by atoms with Crippen LogP contribution in [-0.2, 0) is 14.2 Å². The van der Waals surface area contributed by atoms with E-state index >= 15 is 0 Å². The largest absolute Gasteiger partial charge is 1.00 e. The molecule has 10 atom stereocenters. The molecule has 0 aliphatic carbocycles. The summed E-state index contributed by atoms with van der Waals surface area (Å²) in [5, 5.41) is 76.5. The first-order chi connectivity index (χ1) is 10.8. The van der Waals surface area contributed by atoms with E-state index in [1.165, 1.54) is 0 Å². The van der Waals surface area contributed by atoms with E-state index in [0.717, 1.165) is 0 Å². The van der Waals surface area contributed by atoms with E-state index in [0.29, 0.717) is 0 Å². The predicted molar refractivity (Wildman–Crippen MR) is 69.7 cm³/mol. The molecule has 0 amide bonds. The van der Waals surface area contributed by atoms with Crippen LogP contribution in [-0.4, -0.2) is 115 Å². The average molecular weight is 366 g/mol. The number of hydrogen-bond donors (Lipinski definition) is 8. The molecule has 0 aromatic heterocycles. The van der Waals surface area contributed by atoms with Crippen LogP contribution in [0.3, 0.4) is 0 Å². The Morgan fingerprint density at radius 2 is 1.29 bits per heavy atom. The molecule has 0 spiro atoms. The topological polar surface area (TPSA) is 190 Å². The second-order valence-corrected chi connectivity index (χ2v) is 5.53. The first-order valence-electron chi connectivity index (χ1n) is 7.08. The molecule has 2 rings (SSSR count). The number of rotatable bonds is 4. The van der Waals surface area contributed by atoms with Gasteiger partial charge in [0.25, 0.3) is 0 Å². The van der Waals surface area contributed by atoms with Crippen molar-refractivity contribution in [1.29, 1.82) is 0 Å². The Hall–Kier alpha value is 0.560. The third-order valence-corrected chi connectivity index (χ3v) is 3.98. The molecule has 138 valence electrons. The summed E-state index contributed by atoms with van der Waals surface area (Å²) in [5.41, 5.74) is 0. The average Bonchev–Trinajstić information content (AvgIpc) is 2.55. The summed E-state index contributed by atoms with van der Waals surface area (Å²) in [6, 6.07) is 0. The maximum absolute atomic E-state index is 9.94.